The number of amides is 1. The monoisotopic (exact) mass is 448 g/mol. The van der Waals surface area contributed by atoms with Crippen molar-refractivity contribution in [1.82, 2.24) is 4.31 Å². The number of ether oxygens (including phenoxy) is 3. The molecular weight excluding hydrogens is 424 g/mol. The second-order valence-electron chi connectivity index (χ2n) is 6.83. The van der Waals surface area contributed by atoms with E-state index in [-0.39, 0.29) is 23.0 Å². The summed E-state index contributed by atoms with van der Waals surface area (Å²) in [4.78, 5) is 24.0. The van der Waals surface area contributed by atoms with Crippen LogP contribution in [0.25, 0.3) is 0 Å². The van der Waals surface area contributed by atoms with E-state index in [0.717, 1.165) is 12.8 Å². The van der Waals surface area contributed by atoms with Crippen LogP contribution in [0.3, 0.4) is 0 Å². The van der Waals surface area contributed by atoms with Crippen molar-refractivity contribution in [1.29, 1.82) is 0 Å². The summed E-state index contributed by atoms with van der Waals surface area (Å²) in [5, 5.41) is 2.65. The number of rotatable bonds is 8. The molecule has 0 spiro atoms. The number of carbonyl (C=O) groups is 2. The maximum Gasteiger partial charge on any atom is 0.337 e. The summed E-state index contributed by atoms with van der Waals surface area (Å²) < 4.78 is 41.9. The summed E-state index contributed by atoms with van der Waals surface area (Å²) >= 11 is 0. The third-order valence-electron chi connectivity index (χ3n) is 4.78. The highest BCUT2D eigenvalue weighted by Gasteiger charge is 2.27. The fourth-order valence-electron chi connectivity index (χ4n) is 3.16. The zero-order valence-electron chi connectivity index (χ0n) is 17.3. The molecular formula is C21H24N2O7S. The van der Waals surface area contributed by atoms with E-state index in [9.17, 15) is 18.0 Å². The van der Waals surface area contributed by atoms with Gasteiger partial charge in [-0.1, -0.05) is 0 Å². The highest BCUT2D eigenvalue weighted by molar-refractivity contribution is 7.89. The molecule has 3 rings (SSSR count). The Morgan fingerprint density at radius 3 is 2.29 bits per heavy atom. The normalized spacial score (nSPS) is 14.1. The molecule has 31 heavy (non-hydrogen) atoms. The summed E-state index contributed by atoms with van der Waals surface area (Å²) in [7, 11) is -0.807. The molecule has 0 aliphatic carbocycles. The number of anilines is 1. The number of hydrogen-bond acceptors (Lipinski definition) is 7. The van der Waals surface area contributed by atoms with Crippen LogP contribution in [0.2, 0.25) is 0 Å². The van der Waals surface area contributed by atoms with Gasteiger partial charge < -0.3 is 19.5 Å². The molecule has 1 saturated heterocycles. The lowest BCUT2D eigenvalue weighted by atomic mass is 10.2. The zero-order chi connectivity index (χ0) is 22.4. The van der Waals surface area contributed by atoms with Crippen molar-refractivity contribution >= 4 is 27.6 Å². The molecule has 9 nitrogen and oxygen atoms in total. The highest BCUT2D eigenvalue weighted by Crippen LogP contribution is 2.28. The molecule has 0 saturated carbocycles. The summed E-state index contributed by atoms with van der Waals surface area (Å²) in [6, 6.07) is 10.5. The van der Waals surface area contributed by atoms with E-state index in [4.69, 9.17) is 9.47 Å². The largest absolute Gasteiger partial charge is 0.493 e. The van der Waals surface area contributed by atoms with Crippen LogP contribution in [0.15, 0.2) is 47.4 Å². The van der Waals surface area contributed by atoms with Gasteiger partial charge in [0.2, 0.25) is 10.0 Å². The predicted octanol–water partition coefficient (Wildman–Crippen LogP) is 2.28. The third-order valence-corrected chi connectivity index (χ3v) is 6.70. The Balaban J connectivity index is 1.59. The first-order chi connectivity index (χ1) is 14.8. The van der Waals surface area contributed by atoms with Crippen LogP contribution in [0.4, 0.5) is 5.69 Å². The number of carbonyl (C=O) groups excluding carboxylic acids is 2. The van der Waals surface area contributed by atoms with Crippen LogP contribution in [0.1, 0.15) is 23.2 Å². The van der Waals surface area contributed by atoms with Crippen molar-refractivity contribution in [3.8, 4) is 11.5 Å². The molecule has 2 aromatic rings. The highest BCUT2D eigenvalue weighted by atomic mass is 32.2. The van der Waals surface area contributed by atoms with Gasteiger partial charge in [0, 0.05) is 18.8 Å². The van der Waals surface area contributed by atoms with E-state index in [1.165, 1.54) is 61.0 Å². The number of benzene rings is 2. The average Bonchev–Trinajstić information content (AvgIpc) is 3.33. The summed E-state index contributed by atoms with van der Waals surface area (Å²) in [6.07, 6.45) is 1.73. The molecule has 1 fully saturated rings. The molecule has 10 heteroatoms. The Labute approximate surface area is 181 Å². The van der Waals surface area contributed by atoms with Gasteiger partial charge >= 0.3 is 5.97 Å². The van der Waals surface area contributed by atoms with Crippen LogP contribution < -0.4 is 14.8 Å². The molecule has 1 aliphatic heterocycles. The van der Waals surface area contributed by atoms with Crippen molar-refractivity contribution in [2.75, 3.05) is 39.2 Å². The van der Waals surface area contributed by atoms with E-state index < -0.39 is 21.9 Å². The minimum Gasteiger partial charge on any atom is -0.493 e. The minimum absolute atomic E-state index is 0.194. The number of nitrogens with zero attached hydrogens (tertiary/aromatic N) is 1. The van der Waals surface area contributed by atoms with Crippen molar-refractivity contribution in [3.05, 3.63) is 48.0 Å². The van der Waals surface area contributed by atoms with Crippen molar-refractivity contribution < 1.29 is 32.2 Å². The third kappa shape index (κ3) is 5.33. The molecule has 2 aromatic carbocycles. The lowest BCUT2D eigenvalue weighted by Crippen LogP contribution is -2.27. The smallest absolute Gasteiger partial charge is 0.337 e. The van der Waals surface area contributed by atoms with Crippen LogP contribution in [-0.4, -0.2) is 58.5 Å². The van der Waals surface area contributed by atoms with Gasteiger partial charge in [0.15, 0.2) is 18.1 Å². The second kappa shape index (κ2) is 9.80. The molecule has 1 aliphatic rings. The molecule has 0 unspecified atom stereocenters. The Morgan fingerprint density at radius 2 is 1.68 bits per heavy atom. The zero-order valence-corrected chi connectivity index (χ0v) is 18.1. The van der Waals surface area contributed by atoms with Gasteiger partial charge in [-0.05, 0) is 55.3 Å². The summed E-state index contributed by atoms with van der Waals surface area (Å²) in [5.41, 5.74) is 0.738. The van der Waals surface area contributed by atoms with Crippen LogP contribution >= 0.6 is 0 Å². The van der Waals surface area contributed by atoms with Gasteiger partial charge in [0.1, 0.15) is 0 Å². The average molecular weight is 448 g/mol. The van der Waals surface area contributed by atoms with E-state index in [1.807, 2.05) is 0 Å². The topological polar surface area (TPSA) is 111 Å². The molecule has 1 amide bonds. The van der Waals surface area contributed by atoms with Crippen LogP contribution in [0.5, 0.6) is 11.5 Å². The first-order valence-electron chi connectivity index (χ1n) is 9.64. The van der Waals surface area contributed by atoms with Crippen molar-refractivity contribution in [2.24, 2.45) is 0 Å². The molecule has 0 atom stereocenters. The van der Waals surface area contributed by atoms with E-state index in [1.54, 1.807) is 0 Å². The Hall–Kier alpha value is -3.11. The van der Waals surface area contributed by atoms with E-state index in [0.29, 0.717) is 24.3 Å². The molecule has 1 heterocycles. The van der Waals surface area contributed by atoms with Gasteiger partial charge in [-0.3, -0.25) is 4.79 Å². The maximum absolute atomic E-state index is 12.6. The first-order valence-corrected chi connectivity index (χ1v) is 11.1. The van der Waals surface area contributed by atoms with Gasteiger partial charge in [-0.2, -0.15) is 4.31 Å². The first kappa shape index (κ1) is 22.6. The standard InChI is InChI=1S/C21H24N2O7S/c1-28-19-13-15(21(25)29-2)5-10-18(19)30-14-20(24)22-16-6-8-17(9-7-16)31(26,27)23-11-3-4-12-23/h5-10,13H,3-4,11-12,14H2,1-2H3,(H,22,24). The number of esters is 1. The fraction of sp³-hybridized carbons (Fsp3) is 0.333. The quantitative estimate of drug-likeness (QED) is 0.617. The number of sulfonamides is 1. The SMILES string of the molecule is COC(=O)c1ccc(OCC(=O)Nc2ccc(S(=O)(=O)N3CCCC3)cc2)c(OC)c1. The Bertz CT molecular complexity index is 1050. The van der Waals surface area contributed by atoms with Crippen LogP contribution in [0, 0.1) is 0 Å². The van der Waals surface area contributed by atoms with E-state index >= 15 is 0 Å². The lowest BCUT2D eigenvalue weighted by Gasteiger charge is -2.16. The van der Waals surface area contributed by atoms with Crippen molar-refractivity contribution in [2.45, 2.75) is 17.7 Å². The van der Waals surface area contributed by atoms with E-state index in [2.05, 4.69) is 10.1 Å². The van der Waals surface area contributed by atoms with Gasteiger partial charge in [0.05, 0.1) is 24.7 Å². The summed E-state index contributed by atoms with van der Waals surface area (Å²) in [5.74, 6) is -0.378. The maximum atomic E-state index is 12.6. The van der Waals surface area contributed by atoms with Gasteiger partial charge in [-0.25, -0.2) is 13.2 Å². The number of hydrogen-bond donors (Lipinski definition) is 1. The van der Waals surface area contributed by atoms with Crippen LogP contribution in [-0.2, 0) is 19.6 Å². The number of nitrogens with one attached hydrogen (secondary N) is 1. The summed E-state index contributed by atoms with van der Waals surface area (Å²) in [6.45, 7) is 0.756. The molecule has 166 valence electrons. The molecule has 1 N–H and O–H groups in total. The van der Waals surface area contributed by atoms with Gasteiger partial charge in [-0.15, -0.1) is 0 Å². The lowest BCUT2D eigenvalue weighted by molar-refractivity contribution is -0.118. The second-order valence-corrected chi connectivity index (χ2v) is 8.77. The molecule has 0 aromatic heterocycles. The number of methoxy groups -OCH3 is 2. The fourth-order valence-corrected chi connectivity index (χ4v) is 4.68. The molecule has 0 radical (unpaired) electrons. The minimum atomic E-state index is -3.50. The predicted molar refractivity (Wildman–Crippen MR) is 113 cm³/mol. The Kier molecular flexibility index (Phi) is 7.13. The Morgan fingerprint density at radius 1 is 1.00 bits per heavy atom. The van der Waals surface area contributed by atoms with Crippen molar-refractivity contribution in [3.63, 3.8) is 0 Å². The van der Waals surface area contributed by atoms with Gasteiger partial charge in [0.25, 0.3) is 5.91 Å². The molecule has 0 bridgehead atoms.